The third-order valence-corrected chi connectivity index (χ3v) is 6.58. The van der Waals surface area contributed by atoms with Crippen molar-refractivity contribution in [1.29, 1.82) is 0 Å². The van der Waals surface area contributed by atoms with Gasteiger partial charge in [-0.3, -0.25) is 0 Å². The normalized spacial score (nSPS) is 11.3. The summed E-state index contributed by atoms with van der Waals surface area (Å²) in [6.07, 6.45) is 0. The number of hydrogen-bond acceptors (Lipinski definition) is 11. The maximum absolute atomic E-state index is 11.4. The second-order valence-corrected chi connectivity index (χ2v) is 9.18. The zero-order valence-corrected chi connectivity index (χ0v) is 23.1. The highest BCUT2D eigenvalue weighted by Gasteiger charge is 2.19. The van der Waals surface area contributed by atoms with E-state index in [9.17, 15) is 9.90 Å². The van der Waals surface area contributed by atoms with Gasteiger partial charge in [0.25, 0.3) is 0 Å². The number of nitrogens with zero attached hydrogens (tertiary/aromatic N) is 4. The van der Waals surface area contributed by atoms with Gasteiger partial charge in [0.05, 0.1) is 78.3 Å². The summed E-state index contributed by atoms with van der Waals surface area (Å²) in [6.45, 7) is 15.2. The minimum Gasteiger partial charge on any atom is -0.477 e. The van der Waals surface area contributed by atoms with Gasteiger partial charge >= 0.3 is 5.97 Å². The van der Waals surface area contributed by atoms with E-state index in [0.29, 0.717) is 64.0 Å². The molecule has 0 saturated carbocycles. The Morgan fingerprint density at radius 1 is 0.923 bits per heavy atom. The highest BCUT2D eigenvalue weighted by molar-refractivity contribution is 7.18. The van der Waals surface area contributed by atoms with Crippen LogP contribution in [0.15, 0.2) is 28.4 Å². The highest BCUT2D eigenvalue weighted by Crippen LogP contribution is 2.43. The van der Waals surface area contributed by atoms with E-state index < -0.39 is 5.97 Å². The van der Waals surface area contributed by atoms with E-state index in [-0.39, 0.29) is 42.0 Å². The van der Waals surface area contributed by atoms with Gasteiger partial charge in [-0.05, 0) is 43.2 Å². The fraction of sp³-hybridized carbons (Fsp3) is 0.538. The number of benzene rings is 1. The molecule has 0 spiro atoms. The van der Waals surface area contributed by atoms with E-state index in [1.165, 1.54) is 0 Å². The first-order chi connectivity index (χ1) is 18.9. The fourth-order valence-corrected chi connectivity index (χ4v) is 4.34. The van der Waals surface area contributed by atoms with Gasteiger partial charge in [-0.15, -0.1) is 11.3 Å². The largest absolute Gasteiger partial charge is 0.477 e. The average Bonchev–Trinajstić information content (AvgIpc) is 3.25. The maximum Gasteiger partial charge on any atom is 0.344 e. The van der Waals surface area contributed by atoms with Crippen LogP contribution in [0.4, 0.5) is 22.1 Å². The van der Waals surface area contributed by atoms with Crippen LogP contribution < -0.4 is 4.90 Å². The molecule has 0 aliphatic carbocycles. The van der Waals surface area contributed by atoms with Crippen molar-refractivity contribution in [2.75, 3.05) is 84.1 Å². The molecule has 0 aliphatic heterocycles. The van der Waals surface area contributed by atoms with Crippen molar-refractivity contribution >= 4 is 39.4 Å². The molecule has 214 valence electrons. The molecular formula is C26H36N4O8S. The molecule has 1 heterocycles. The highest BCUT2D eigenvalue weighted by atomic mass is 32.1. The number of aliphatic hydroxyl groups excluding tert-OH is 2. The molecule has 2 rings (SSSR count). The maximum atomic E-state index is 11.4. The predicted octanol–water partition coefficient (Wildman–Crippen LogP) is 3.89. The summed E-state index contributed by atoms with van der Waals surface area (Å²) in [6, 6.07) is 5.71. The molecule has 0 amide bonds. The molecule has 0 bridgehead atoms. The number of carboxylic acids is 1. The van der Waals surface area contributed by atoms with Gasteiger partial charge < -0.3 is 39.2 Å². The second-order valence-electron chi connectivity index (χ2n) is 8.18. The number of aliphatic hydroxyl groups is 2. The fourth-order valence-electron chi connectivity index (χ4n) is 3.43. The smallest absolute Gasteiger partial charge is 0.344 e. The Bertz CT molecular complexity index is 1080. The molecule has 0 atom stereocenters. The summed E-state index contributed by atoms with van der Waals surface area (Å²) < 4.78 is 21.8. The second kappa shape index (κ2) is 18.3. The van der Waals surface area contributed by atoms with Crippen LogP contribution in [0.5, 0.6) is 0 Å². The predicted molar refractivity (Wildman–Crippen MR) is 147 cm³/mol. The third-order valence-electron chi connectivity index (χ3n) is 5.42. The Kier molecular flexibility index (Phi) is 15.2. The number of azo groups is 1. The van der Waals surface area contributed by atoms with E-state index in [0.717, 1.165) is 22.6 Å². The standard InChI is InChI=1S/C26H36N4O8S/c1-19-18-21(4-5-22(19)28-29-25-23(27-3)20(2)24(39-25)26(33)34)30(6-10-35-14-16-37-12-8-31)7-11-36-15-17-38-13-9-32/h4-5,18,31-32H,6-17H2,1-2H3,(H,33,34). The summed E-state index contributed by atoms with van der Waals surface area (Å²) in [5, 5.41) is 35.6. The number of carbonyl (C=O) groups is 1. The quantitative estimate of drug-likeness (QED) is 0.124. The van der Waals surface area contributed by atoms with Gasteiger partial charge in [0.2, 0.25) is 5.69 Å². The summed E-state index contributed by atoms with van der Waals surface area (Å²) >= 11 is 0.934. The van der Waals surface area contributed by atoms with Crippen molar-refractivity contribution in [2.24, 2.45) is 10.2 Å². The first-order valence-electron chi connectivity index (χ1n) is 12.5. The number of aromatic carboxylic acids is 1. The van der Waals surface area contributed by atoms with E-state index >= 15 is 0 Å². The van der Waals surface area contributed by atoms with E-state index in [1.807, 2.05) is 25.1 Å². The summed E-state index contributed by atoms with van der Waals surface area (Å²) in [4.78, 5) is 17.1. The van der Waals surface area contributed by atoms with Gasteiger partial charge in [-0.2, -0.15) is 10.2 Å². The van der Waals surface area contributed by atoms with Gasteiger partial charge in [-0.1, -0.05) is 0 Å². The number of carboxylic acid groups (broad SMARTS) is 1. The van der Waals surface area contributed by atoms with Crippen molar-refractivity contribution < 1.29 is 39.1 Å². The number of ether oxygens (including phenoxy) is 4. The van der Waals surface area contributed by atoms with Crippen LogP contribution in [0.1, 0.15) is 20.8 Å². The van der Waals surface area contributed by atoms with Gasteiger partial charge in [0.1, 0.15) is 9.88 Å². The zero-order chi connectivity index (χ0) is 28.5. The van der Waals surface area contributed by atoms with E-state index in [2.05, 4.69) is 20.0 Å². The molecule has 0 saturated heterocycles. The van der Waals surface area contributed by atoms with E-state index in [4.69, 9.17) is 35.7 Å². The molecule has 12 nitrogen and oxygen atoms in total. The molecule has 0 radical (unpaired) electrons. The average molecular weight is 565 g/mol. The Morgan fingerprint density at radius 2 is 1.49 bits per heavy atom. The molecule has 0 unspecified atom stereocenters. The van der Waals surface area contributed by atoms with Crippen LogP contribution in [0.3, 0.4) is 0 Å². The number of hydrogen-bond donors (Lipinski definition) is 3. The SMILES string of the molecule is [C-]#[N+]c1c(N=Nc2ccc(N(CCOCCOCCO)CCOCCOCCO)cc2C)sc(C(=O)O)c1C. The summed E-state index contributed by atoms with van der Waals surface area (Å²) in [7, 11) is 0. The Labute approximate surface area is 232 Å². The monoisotopic (exact) mass is 564 g/mol. The molecule has 39 heavy (non-hydrogen) atoms. The number of aryl methyl sites for hydroxylation is 1. The third kappa shape index (κ3) is 11.0. The van der Waals surface area contributed by atoms with Crippen molar-refractivity contribution in [1.82, 2.24) is 0 Å². The lowest BCUT2D eigenvalue weighted by Crippen LogP contribution is -2.31. The molecule has 1 aromatic carbocycles. The van der Waals surface area contributed by atoms with Crippen LogP contribution in [0.25, 0.3) is 4.85 Å². The Balaban J connectivity index is 2.06. The van der Waals surface area contributed by atoms with Gasteiger partial charge in [0, 0.05) is 18.8 Å². The minimum absolute atomic E-state index is 0.0230. The van der Waals surface area contributed by atoms with Gasteiger partial charge in [-0.25, -0.2) is 9.64 Å². The molecule has 0 aliphatic rings. The molecule has 13 heteroatoms. The molecule has 3 N–H and O–H groups in total. The first kappa shape index (κ1) is 32.3. The van der Waals surface area contributed by atoms with Crippen molar-refractivity contribution in [3.05, 3.63) is 45.6 Å². The molecule has 2 aromatic rings. The van der Waals surface area contributed by atoms with Crippen molar-refractivity contribution in [2.45, 2.75) is 13.8 Å². The van der Waals surface area contributed by atoms with Crippen LogP contribution in [-0.2, 0) is 18.9 Å². The van der Waals surface area contributed by atoms with Crippen LogP contribution in [-0.4, -0.2) is 100 Å². The zero-order valence-electron chi connectivity index (χ0n) is 22.3. The van der Waals surface area contributed by atoms with Crippen LogP contribution in [0.2, 0.25) is 0 Å². The lowest BCUT2D eigenvalue weighted by atomic mass is 10.1. The lowest BCUT2D eigenvalue weighted by Gasteiger charge is -2.25. The topological polar surface area (TPSA) is 147 Å². The van der Waals surface area contributed by atoms with Crippen LogP contribution >= 0.6 is 11.3 Å². The molecular weight excluding hydrogens is 528 g/mol. The van der Waals surface area contributed by atoms with Crippen LogP contribution in [0, 0.1) is 20.4 Å². The Hall–Kier alpha value is -2.96. The van der Waals surface area contributed by atoms with Gasteiger partial charge in [0.15, 0.2) is 0 Å². The van der Waals surface area contributed by atoms with E-state index in [1.54, 1.807) is 6.92 Å². The van der Waals surface area contributed by atoms with Crippen molar-refractivity contribution in [3.63, 3.8) is 0 Å². The number of rotatable bonds is 20. The number of anilines is 1. The minimum atomic E-state index is -1.09. The first-order valence-corrected chi connectivity index (χ1v) is 13.3. The molecule has 0 fully saturated rings. The molecule has 1 aromatic heterocycles. The van der Waals surface area contributed by atoms with Crippen molar-refractivity contribution in [3.8, 4) is 0 Å². The Morgan fingerprint density at radius 3 is 1.97 bits per heavy atom. The lowest BCUT2D eigenvalue weighted by molar-refractivity contribution is 0.0316. The number of thiophene rings is 1. The summed E-state index contributed by atoms with van der Waals surface area (Å²) in [5.41, 5.74) is 2.99. The summed E-state index contributed by atoms with van der Waals surface area (Å²) in [5.74, 6) is -1.09.